The molecule has 0 bridgehead atoms. The van der Waals surface area contributed by atoms with E-state index in [1.807, 2.05) is 23.9 Å². The molecule has 3 rings (SSSR count). The first-order valence-corrected chi connectivity index (χ1v) is 11.2. The topological polar surface area (TPSA) is 69.0 Å². The van der Waals surface area contributed by atoms with Crippen molar-refractivity contribution >= 4 is 35.0 Å². The number of unbranched alkanes of at least 4 members (excludes halogenated alkanes) is 1. The first-order valence-electron chi connectivity index (χ1n) is 9.35. The molecule has 2 aromatic heterocycles. The molecular formula is C19H26N4O2S2. The van der Waals surface area contributed by atoms with Gasteiger partial charge >= 0.3 is 5.97 Å². The van der Waals surface area contributed by atoms with E-state index < -0.39 is 0 Å². The zero-order valence-electron chi connectivity index (χ0n) is 16.2. The van der Waals surface area contributed by atoms with Gasteiger partial charge in [-0.2, -0.15) is 4.98 Å². The van der Waals surface area contributed by atoms with Crippen LogP contribution in [-0.4, -0.2) is 33.1 Å². The molecule has 3 heterocycles. The average molecular weight is 407 g/mol. The van der Waals surface area contributed by atoms with Gasteiger partial charge in [-0.15, -0.1) is 16.4 Å². The summed E-state index contributed by atoms with van der Waals surface area (Å²) in [6, 6.07) is 1.76. The van der Waals surface area contributed by atoms with Crippen molar-refractivity contribution in [2.45, 2.75) is 58.2 Å². The number of rotatable bonds is 8. The highest BCUT2D eigenvalue weighted by molar-refractivity contribution is 7.99. The highest BCUT2D eigenvalue weighted by Crippen LogP contribution is 2.40. The van der Waals surface area contributed by atoms with Gasteiger partial charge in [0, 0.05) is 16.3 Å². The van der Waals surface area contributed by atoms with E-state index in [0.717, 1.165) is 46.3 Å². The molecule has 0 amide bonds. The van der Waals surface area contributed by atoms with E-state index >= 15 is 0 Å². The number of carbonyl (C=O) groups is 1. The Bertz CT molecular complexity index is 841. The lowest BCUT2D eigenvalue weighted by atomic mass is 10.00. The molecule has 8 heteroatoms. The number of esters is 1. The molecule has 0 spiro atoms. The first kappa shape index (κ1) is 19.9. The zero-order chi connectivity index (χ0) is 19.4. The molecule has 2 aromatic rings. The van der Waals surface area contributed by atoms with Crippen LogP contribution in [0, 0.1) is 6.92 Å². The number of carbonyl (C=O) groups excluding carboxylic acids is 1. The van der Waals surface area contributed by atoms with Gasteiger partial charge in [-0.1, -0.05) is 32.0 Å². The van der Waals surface area contributed by atoms with Gasteiger partial charge in [0.25, 0.3) is 0 Å². The lowest BCUT2D eigenvalue weighted by molar-refractivity contribution is -0.139. The van der Waals surface area contributed by atoms with Gasteiger partial charge in [0.15, 0.2) is 0 Å². The number of ether oxygens (including phenoxy) is 1. The Morgan fingerprint density at radius 2 is 2.19 bits per heavy atom. The first-order chi connectivity index (χ1) is 13.1. The van der Waals surface area contributed by atoms with Gasteiger partial charge in [0.2, 0.25) is 11.1 Å². The Hall–Kier alpha value is -1.80. The standard InChI is InChI=1S/C19H26N4O2S2/c1-5-7-10-27-19-21-18-20-13(4)14(17(24)25-9-6-2)15(23(18)22-19)16-12(3)8-11-26-16/h8,11,15H,5-7,9-10H2,1-4H3,(H,20,21,22). The van der Waals surface area contributed by atoms with Crippen LogP contribution in [0.2, 0.25) is 0 Å². The van der Waals surface area contributed by atoms with Gasteiger partial charge in [0.1, 0.15) is 6.04 Å². The molecule has 1 atom stereocenters. The van der Waals surface area contributed by atoms with Crippen LogP contribution in [0.25, 0.3) is 0 Å². The second-order valence-corrected chi connectivity index (χ2v) is 8.54. The lowest BCUT2D eigenvalue weighted by Crippen LogP contribution is -2.29. The summed E-state index contributed by atoms with van der Waals surface area (Å²) >= 11 is 3.28. The number of nitrogens with one attached hydrogen (secondary N) is 1. The van der Waals surface area contributed by atoms with Gasteiger partial charge in [-0.05, 0) is 43.7 Å². The van der Waals surface area contributed by atoms with E-state index in [0.29, 0.717) is 18.1 Å². The van der Waals surface area contributed by atoms with Gasteiger partial charge in [0.05, 0.1) is 12.2 Å². The molecule has 0 radical (unpaired) electrons. The fourth-order valence-corrected chi connectivity index (χ4v) is 4.88. The third-order valence-electron chi connectivity index (χ3n) is 4.37. The van der Waals surface area contributed by atoms with Crippen molar-refractivity contribution in [3.05, 3.63) is 33.2 Å². The number of hydrogen-bond acceptors (Lipinski definition) is 7. The van der Waals surface area contributed by atoms with Crippen LogP contribution in [0.4, 0.5) is 5.95 Å². The number of anilines is 1. The number of thioether (sulfide) groups is 1. The molecule has 146 valence electrons. The molecule has 6 nitrogen and oxygen atoms in total. The molecule has 1 N–H and O–H groups in total. The summed E-state index contributed by atoms with van der Waals surface area (Å²) in [4.78, 5) is 18.6. The summed E-state index contributed by atoms with van der Waals surface area (Å²) in [6.45, 7) is 8.54. The fourth-order valence-electron chi connectivity index (χ4n) is 2.94. The number of thiophene rings is 1. The Kier molecular flexibility index (Phi) is 6.59. The Morgan fingerprint density at radius 1 is 1.37 bits per heavy atom. The van der Waals surface area contributed by atoms with E-state index in [4.69, 9.17) is 9.84 Å². The molecule has 1 aliphatic rings. The van der Waals surface area contributed by atoms with E-state index in [1.165, 1.54) is 0 Å². The van der Waals surface area contributed by atoms with Crippen LogP contribution in [0.15, 0.2) is 27.9 Å². The smallest absolute Gasteiger partial charge is 0.338 e. The quantitative estimate of drug-likeness (QED) is 0.386. The SMILES string of the molecule is CCCCSc1nc2n(n1)C(c1sccc1C)C(C(=O)OCCC)=C(C)N2. The maximum absolute atomic E-state index is 12.8. The fraction of sp³-hybridized carbons (Fsp3) is 0.526. The zero-order valence-corrected chi connectivity index (χ0v) is 17.9. The maximum atomic E-state index is 12.8. The molecule has 1 aliphatic heterocycles. The predicted molar refractivity (Wildman–Crippen MR) is 110 cm³/mol. The number of hydrogen-bond donors (Lipinski definition) is 1. The van der Waals surface area contributed by atoms with Crippen LogP contribution >= 0.6 is 23.1 Å². The Labute approximate surface area is 168 Å². The largest absolute Gasteiger partial charge is 0.462 e. The van der Waals surface area contributed by atoms with Crippen LogP contribution in [0.5, 0.6) is 0 Å². The Balaban J connectivity index is 2.00. The van der Waals surface area contributed by atoms with Gasteiger partial charge < -0.3 is 10.1 Å². The van der Waals surface area contributed by atoms with Crippen molar-refractivity contribution < 1.29 is 9.53 Å². The van der Waals surface area contributed by atoms with Gasteiger partial charge in [-0.25, -0.2) is 9.48 Å². The predicted octanol–water partition coefficient (Wildman–Crippen LogP) is 4.78. The van der Waals surface area contributed by atoms with Crippen molar-refractivity contribution in [2.24, 2.45) is 0 Å². The summed E-state index contributed by atoms with van der Waals surface area (Å²) in [5, 5.41) is 10.8. The minimum Gasteiger partial charge on any atom is -0.462 e. The lowest BCUT2D eigenvalue weighted by Gasteiger charge is -2.27. The van der Waals surface area contributed by atoms with Crippen LogP contribution in [0.3, 0.4) is 0 Å². The molecular weight excluding hydrogens is 380 g/mol. The monoisotopic (exact) mass is 406 g/mol. The highest BCUT2D eigenvalue weighted by atomic mass is 32.2. The number of nitrogens with zero attached hydrogens (tertiary/aromatic N) is 3. The number of allylic oxidation sites excluding steroid dienone is 1. The number of aromatic nitrogens is 3. The molecule has 0 saturated heterocycles. The minimum atomic E-state index is -0.307. The van der Waals surface area contributed by atoms with Crippen molar-refractivity contribution in [3.8, 4) is 0 Å². The molecule has 0 saturated carbocycles. The summed E-state index contributed by atoms with van der Waals surface area (Å²) in [5.74, 6) is 1.37. The molecule has 1 unspecified atom stereocenters. The number of aryl methyl sites for hydroxylation is 1. The molecule has 27 heavy (non-hydrogen) atoms. The van der Waals surface area contributed by atoms with Crippen molar-refractivity contribution in [1.82, 2.24) is 14.8 Å². The summed E-state index contributed by atoms with van der Waals surface area (Å²) in [5.41, 5.74) is 2.53. The third kappa shape index (κ3) is 4.21. The second-order valence-electron chi connectivity index (χ2n) is 6.53. The van der Waals surface area contributed by atoms with E-state index in [2.05, 4.69) is 30.2 Å². The van der Waals surface area contributed by atoms with E-state index in [-0.39, 0.29) is 12.0 Å². The average Bonchev–Trinajstić information content (AvgIpc) is 3.24. The highest BCUT2D eigenvalue weighted by Gasteiger charge is 2.36. The normalized spacial score (nSPS) is 16.2. The summed E-state index contributed by atoms with van der Waals surface area (Å²) in [6.07, 6.45) is 3.06. The third-order valence-corrected chi connectivity index (χ3v) is 6.36. The van der Waals surface area contributed by atoms with E-state index in [9.17, 15) is 4.79 Å². The summed E-state index contributed by atoms with van der Waals surface area (Å²) < 4.78 is 7.31. The maximum Gasteiger partial charge on any atom is 0.338 e. The van der Waals surface area contributed by atoms with E-state index in [1.54, 1.807) is 23.1 Å². The van der Waals surface area contributed by atoms with Gasteiger partial charge in [-0.3, -0.25) is 0 Å². The van der Waals surface area contributed by atoms with Crippen molar-refractivity contribution in [3.63, 3.8) is 0 Å². The van der Waals surface area contributed by atoms with Crippen molar-refractivity contribution in [1.29, 1.82) is 0 Å². The minimum absolute atomic E-state index is 0.291. The Morgan fingerprint density at radius 3 is 2.85 bits per heavy atom. The van der Waals surface area contributed by atoms with Crippen molar-refractivity contribution in [2.75, 3.05) is 17.7 Å². The molecule has 0 aliphatic carbocycles. The number of fused-ring (bicyclic) bond motifs is 1. The summed E-state index contributed by atoms with van der Waals surface area (Å²) in [7, 11) is 0. The van der Waals surface area contributed by atoms with Crippen LogP contribution in [0.1, 0.15) is 56.5 Å². The van der Waals surface area contributed by atoms with Crippen LogP contribution in [-0.2, 0) is 9.53 Å². The molecule has 0 aromatic carbocycles. The molecule has 0 fully saturated rings. The van der Waals surface area contributed by atoms with Crippen LogP contribution < -0.4 is 5.32 Å². The second kappa shape index (κ2) is 8.93.